The maximum absolute atomic E-state index is 12.3. The van der Waals surface area contributed by atoms with Gasteiger partial charge >= 0.3 is 0 Å². The van der Waals surface area contributed by atoms with Gasteiger partial charge in [-0.05, 0) is 37.5 Å². The Kier molecular flexibility index (Phi) is 5.46. The van der Waals surface area contributed by atoms with Gasteiger partial charge in [0.15, 0.2) is 0 Å². The van der Waals surface area contributed by atoms with Gasteiger partial charge in [0.25, 0.3) is 0 Å². The molecular formula is C17H28N2O. The first-order valence-electron chi connectivity index (χ1n) is 8.36. The number of rotatable bonds is 4. The molecule has 2 aliphatic rings. The summed E-state index contributed by atoms with van der Waals surface area (Å²) in [6.45, 7) is 3.08. The molecular weight excluding hydrogens is 248 g/mol. The standard InChI is InChI=1S/C17H28N2O/c1-14-6-5-7-15(12-14)8-11-19-16(20)17(13-18)9-3-2-4-10-17/h14-15H,2-12H2,1H3,(H,19,20). The van der Waals surface area contributed by atoms with Crippen molar-refractivity contribution >= 4 is 5.91 Å². The van der Waals surface area contributed by atoms with Crippen LogP contribution in [0.1, 0.15) is 71.1 Å². The summed E-state index contributed by atoms with van der Waals surface area (Å²) < 4.78 is 0. The monoisotopic (exact) mass is 276 g/mol. The number of nitrogens with one attached hydrogen (secondary N) is 1. The van der Waals surface area contributed by atoms with Crippen molar-refractivity contribution in [1.82, 2.24) is 5.32 Å². The van der Waals surface area contributed by atoms with Gasteiger partial charge in [-0.1, -0.05) is 45.4 Å². The molecule has 3 nitrogen and oxygen atoms in total. The first-order chi connectivity index (χ1) is 9.66. The molecule has 0 aromatic carbocycles. The molecule has 1 amide bonds. The van der Waals surface area contributed by atoms with Gasteiger partial charge in [-0.15, -0.1) is 0 Å². The van der Waals surface area contributed by atoms with E-state index in [4.69, 9.17) is 0 Å². The summed E-state index contributed by atoms with van der Waals surface area (Å²) >= 11 is 0. The lowest BCUT2D eigenvalue weighted by Crippen LogP contribution is -2.42. The fourth-order valence-corrected chi connectivity index (χ4v) is 3.93. The zero-order valence-corrected chi connectivity index (χ0v) is 12.8. The number of carbonyl (C=O) groups excluding carboxylic acids is 1. The minimum absolute atomic E-state index is 0.0106. The largest absolute Gasteiger partial charge is 0.355 e. The Balaban J connectivity index is 1.75. The molecule has 0 heterocycles. The van der Waals surface area contributed by atoms with Gasteiger partial charge in [0, 0.05) is 6.54 Å². The van der Waals surface area contributed by atoms with Crippen molar-refractivity contribution in [1.29, 1.82) is 5.26 Å². The molecule has 0 radical (unpaired) electrons. The average Bonchev–Trinajstić information content (AvgIpc) is 2.48. The number of nitriles is 1. The van der Waals surface area contributed by atoms with Crippen molar-refractivity contribution in [3.63, 3.8) is 0 Å². The fraction of sp³-hybridized carbons (Fsp3) is 0.882. The molecule has 2 fully saturated rings. The van der Waals surface area contributed by atoms with Crippen LogP contribution in [0.4, 0.5) is 0 Å². The van der Waals surface area contributed by atoms with Gasteiger partial charge in [-0.25, -0.2) is 0 Å². The van der Waals surface area contributed by atoms with Crippen LogP contribution in [0, 0.1) is 28.6 Å². The third-order valence-corrected chi connectivity index (χ3v) is 5.24. The summed E-state index contributed by atoms with van der Waals surface area (Å²) in [6.07, 6.45) is 11.1. The Morgan fingerprint density at radius 1 is 1.25 bits per heavy atom. The first kappa shape index (κ1) is 15.4. The van der Waals surface area contributed by atoms with E-state index in [-0.39, 0.29) is 5.91 Å². The molecule has 3 heteroatoms. The second-order valence-electron chi connectivity index (χ2n) is 6.94. The lowest BCUT2D eigenvalue weighted by molar-refractivity contribution is -0.129. The van der Waals surface area contributed by atoms with Crippen molar-refractivity contribution in [2.45, 2.75) is 71.1 Å². The molecule has 0 aromatic heterocycles. The molecule has 2 saturated carbocycles. The zero-order valence-electron chi connectivity index (χ0n) is 12.8. The van der Waals surface area contributed by atoms with Crippen LogP contribution in [0.5, 0.6) is 0 Å². The maximum Gasteiger partial charge on any atom is 0.240 e. The molecule has 2 rings (SSSR count). The highest BCUT2D eigenvalue weighted by atomic mass is 16.2. The SMILES string of the molecule is CC1CCCC(CCNC(=O)C2(C#N)CCCCC2)C1. The third-order valence-electron chi connectivity index (χ3n) is 5.24. The van der Waals surface area contributed by atoms with E-state index in [1.165, 1.54) is 25.7 Å². The normalized spacial score (nSPS) is 29.4. The Bertz CT molecular complexity index is 366. The van der Waals surface area contributed by atoms with Gasteiger partial charge in [0.1, 0.15) is 5.41 Å². The lowest BCUT2D eigenvalue weighted by atomic mass is 9.74. The highest BCUT2D eigenvalue weighted by molar-refractivity contribution is 5.85. The molecule has 0 spiro atoms. The smallest absolute Gasteiger partial charge is 0.240 e. The predicted molar refractivity (Wildman–Crippen MR) is 79.9 cm³/mol. The molecule has 0 saturated heterocycles. The van der Waals surface area contributed by atoms with Crippen molar-refractivity contribution < 1.29 is 4.79 Å². The molecule has 0 bridgehead atoms. The molecule has 2 unspecified atom stereocenters. The molecule has 2 aliphatic carbocycles. The fourth-order valence-electron chi connectivity index (χ4n) is 3.93. The molecule has 112 valence electrons. The molecule has 2 atom stereocenters. The Labute approximate surface area is 123 Å². The summed E-state index contributed by atoms with van der Waals surface area (Å²) in [5.41, 5.74) is -0.724. The minimum Gasteiger partial charge on any atom is -0.355 e. The van der Waals surface area contributed by atoms with Gasteiger partial charge in [0.05, 0.1) is 6.07 Å². The highest BCUT2D eigenvalue weighted by Gasteiger charge is 2.39. The minimum atomic E-state index is -0.724. The van der Waals surface area contributed by atoms with Crippen LogP contribution in [-0.4, -0.2) is 12.5 Å². The van der Waals surface area contributed by atoms with Crippen molar-refractivity contribution in [3.05, 3.63) is 0 Å². The second kappa shape index (κ2) is 7.11. The van der Waals surface area contributed by atoms with Crippen LogP contribution in [0.2, 0.25) is 0 Å². The number of nitrogens with zero attached hydrogens (tertiary/aromatic N) is 1. The average molecular weight is 276 g/mol. The predicted octanol–water partition coefficient (Wildman–Crippen LogP) is 3.79. The van der Waals surface area contributed by atoms with E-state index < -0.39 is 5.41 Å². The van der Waals surface area contributed by atoms with Gasteiger partial charge in [-0.2, -0.15) is 5.26 Å². The topological polar surface area (TPSA) is 52.9 Å². The van der Waals surface area contributed by atoms with Gasteiger partial charge in [-0.3, -0.25) is 4.79 Å². The van der Waals surface area contributed by atoms with E-state index in [0.29, 0.717) is 0 Å². The Morgan fingerprint density at radius 3 is 2.65 bits per heavy atom. The zero-order chi connectivity index (χ0) is 14.4. The van der Waals surface area contributed by atoms with Gasteiger partial charge < -0.3 is 5.32 Å². The quantitative estimate of drug-likeness (QED) is 0.849. The van der Waals surface area contributed by atoms with Crippen molar-refractivity contribution in [2.24, 2.45) is 17.3 Å². The highest BCUT2D eigenvalue weighted by Crippen LogP contribution is 2.36. The lowest BCUT2D eigenvalue weighted by Gasteiger charge is -2.30. The second-order valence-corrected chi connectivity index (χ2v) is 6.94. The number of carbonyl (C=O) groups is 1. The van der Waals surface area contributed by atoms with Crippen molar-refractivity contribution in [2.75, 3.05) is 6.54 Å². The molecule has 1 N–H and O–H groups in total. The van der Waals surface area contributed by atoms with Crippen LogP contribution in [0.15, 0.2) is 0 Å². The summed E-state index contributed by atoms with van der Waals surface area (Å²) in [7, 11) is 0. The molecule has 0 aromatic rings. The number of hydrogen-bond acceptors (Lipinski definition) is 2. The van der Waals surface area contributed by atoms with E-state index in [1.807, 2.05) is 0 Å². The molecule has 20 heavy (non-hydrogen) atoms. The number of hydrogen-bond donors (Lipinski definition) is 1. The summed E-state index contributed by atoms with van der Waals surface area (Å²) in [6, 6.07) is 2.30. The van der Waals surface area contributed by atoms with Crippen LogP contribution in [0.25, 0.3) is 0 Å². The van der Waals surface area contributed by atoms with Crippen LogP contribution in [0.3, 0.4) is 0 Å². The van der Waals surface area contributed by atoms with Gasteiger partial charge in [0.2, 0.25) is 5.91 Å². The first-order valence-corrected chi connectivity index (χ1v) is 8.36. The van der Waals surface area contributed by atoms with E-state index in [0.717, 1.165) is 56.9 Å². The molecule has 0 aliphatic heterocycles. The van der Waals surface area contributed by atoms with Crippen molar-refractivity contribution in [3.8, 4) is 6.07 Å². The van der Waals surface area contributed by atoms with E-state index in [2.05, 4.69) is 18.3 Å². The maximum atomic E-state index is 12.3. The summed E-state index contributed by atoms with van der Waals surface area (Å²) in [5, 5.41) is 12.4. The van der Waals surface area contributed by atoms with E-state index in [9.17, 15) is 10.1 Å². The van der Waals surface area contributed by atoms with Crippen LogP contribution in [-0.2, 0) is 4.79 Å². The van der Waals surface area contributed by atoms with E-state index >= 15 is 0 Å². The Morgan fingerprint density at radius 2 is 2.00 bits per heavy atom. The van der Waals surface area contributed by atoms with Crippen LogP contribution < -0.4 is 5.32 Å². The third kappa shape index (κ3) is 3.75. The number of amides is 1. The van der Waals surface area contributed by atoms with Crippen LogP contribution >= 0.6 is 0 Å². The summed E-state index contributed by atoms with van der Waals surface area (Å²) in [5.74, 6) is 1.60. The summed E-state index contributed by atoms with van der Waals surface area (Å²) in [4.78, 5) is 12.3. The van der Waals surface area contributed by atoms with E-state index in [1.54, 1.807) is 0 Å². The Hall–Kier alpha value is -1.04.